The number of rotatable bonds is 4. The number of fused-ring (bicyclic) bond motifs is 6. The molecular formula is C35H22N2OS. The zero-order chi connectivity index (χ0) is 25.8. The van der Waals surface area contributed by atoms with Crippen LogP contribution in [0.25, 0.3) is 53.4 Å². The first kappa shape index (κ1) is 22.1. The largest absolute Gasteiger partial charge is 0.452 e. The fourth-order valence-electron chi connectivity index (χ4n) is 5.48. The summed E-state index contributed by atoms with van der Waals surface area (Å²) < 4.78 is 9.02. The van der Waals surface area contributed by atoms with Gasteiger partial charge in [-0.1, -0.05) is 72.8 Å². The van der Waals surface area contributed by atoms with Crippen LogP contribution in [0.15, 0.2) is 138 Å². The molecule has 0 fully saturated rings. The Hall–Kier alpha value is -4.93. The molecular weight excluding hydrogens is 496 g/mol. The van der Waals surface area contributed by atoms with E-state index in [4.69, 9.17) is 9.40 Å². The number of para-hydroxylation sites is 1. The van der Waals surface area contributed by atoms with E-state index in [0.29, 0.717) is 0 Å². The number of nitrogens with zero attached hydrogens (tertiary/aromatic N) is 2. The van der Waals surface area contributed by atoms with Crippen molar-refractivity contribution < 1.29 is 4.42 Å². The molecule has 0 atom stereocenters. The highest BCUT2D eigenvalue weighted by Gasteiger charge is 2.21. The summed E-state index contributed by atoms with van der Waals surface area (Å²) in [5, 5.41) is 3.56. The smallest absolute Gasteiger partial charge is 0.177 e. The second kappa shape index (κ2) is 8.83. The number of hydrogen-bond acceptors (Lipinski definition) is 4. The first-order chi connectivity index (χ1) is 19.3. The van der Waals surface area contributed by atoms with E-state index in [0.717, 1.165) is 39.1 Å². The van der Waals surface area contributed by atoms with E-state index in [9.17, 15) is 0 Å². The molecule has 8 aromatic rings. The number of benzene rings is 5. The molecule has 0 saturated heterocycles. The van der Waals surface area contributed by atoms with Crippen LogP contribution in [-0.2, 0) is 0 Å². The van der Waals surface area contributed by atoms with Gasteiger partial charge in [0.1, 0.15) is 11.1 Å². The molecule has 0 saturated carbocycles. The standard InChI is InChI=1S/C35H22N2OS/c1-2-8-23(9-3-1)24-14-16-25(17-15-24)37(26-18-19-33-29(22-26)27-10-5-7-13-32(27)39-33)30-20-21-36-34-28-11-4-6-12-31(28)38-35(30)34/h1-22H. The minimum absolute atomic E-state index is 0.779. The average molecular weight is 519 g/mol. The van der Waals surface area contributed by atoms with Gasteiger partial charge in [-0.15, -0.1) is 11.3 Å². The average Bonchev–Trinajstić information content (AvgIpc) is 3.57. The van der Waals surface area contributed by atoms with Gasteiger partial charge in [0.25, 0.3) is 0 Å². The Labute approximate surface area is 229 Å². The molecule has 0 bridgehead atoms. The maximum atomic E-state index is 6.44. The van der Waals surface area contributed by atoms with Crippen molar-refractivity contribution >= 4 is 70.6 Å². The summed E-state index contributed by atoms with van der Waals surface area (Å²) in [7, 11) is 0. The van der Waals surface area contributed by atoms with Crippen molar-refractivity contribution in [1.82, 2.24) is 4.98 Å². The number of furan rings is 1. The fourth-order valence-corrected chi connectivity index (χ4v) is 6.57. The Bertz CT molecular complexity index is 2120. The minimum Gasteiger partial charge on any atom is -0.452 e. The third kappa shape index (κ3) is 3.61. The van der Waals surface area contributed by atoms with Crippen molar-refractivity contribution in [2.45, 2.75) is 0 Å². The molecule has 3 nitrogen and oxygen atoms in total. The predicted octanol–water partition coefficient (Wildman–Crippen LogP) is 10.5. The van der Waals surface area contributed by atoms with Gasteiger partial charge < -0.3 is 9.32 Å². The Morgan fingerprint density at radius 1 is 0.564 bits per heavy atom. The van der Waals surface area contributed by atoms with E-state index >= 15 is 0 Å². The van der Waals surface area contributed by atoms with E-state index in [1.807, 2.05) is 47.9 Å². The maximum Gasteiger partial charge on any atom is 0.177 e. The number of hydrogen-bond donors (Lipinski definition) is 0. The fraction of sp³-hybridized carbons (Fsp3) is 0. The van der Waals surface area contributed by atoms with Crippen LogP contribution in [0.5, 0.6) is 0 Å². The summed E-state index contributed by atoms with van der Waals surface area (Å²) in [5.41, 5.74) is 7.96. The van der Waals surface area contributed by atoms with Crippen LogP contribution in [0.1, 0.15) is 0 Å². The molecule has 0 N–H and O–H groups in total. The van der Waals surface area contributed by atoms with Gasteiger partial charge in [0.2, 0.25) is 0 Å². The van der Waals surface area contributed by atoms with E-state index in [-0.39, 0.29) is 0 Å². The summed E-state index contributed by atoms with van der Waals surface area (Å²) in [6.45, 7) is 0. The second-order valence-electron chi connectivity index (χ2n) is 9.63. The lowest BCUT2D eigenvalue weighted by atomic mass is 10.0. The Kier molecular flexibility index (Phi) is 5.00. The third-order valence-corrected chi connectivity index (χ3v) is 8.48. The topological polar surface area (TPSA) is 29.3 Å². The number of thiophene rings is 1. The van der Waals surface area contributed by atoms with Gasteiger partial charge in [-0.3, -0.25) is 4.98 Å². The van der Waals surface area contributed by atoms with E-state index < -0.39 is 0 Å². The highest BCUT2D eigenvalue weighted by atomic mass is 32.1. The zero-order valence-electron chi connectivity index (χ0n) is 20.9. The van der Waals surface area contributed by atoms with Gasteiger partial charge in [-0.25, -0.2) is 0 Å². The Balaban J connectivity index is 1.37. The zero-order valence-corrected chi connectivity index (χ0v) is 21.7. The molecule has 4 heteroatoms. The van der Waals surface area contributed by atoms with Crippen LogP contribution in [0.4, 0.5) is 17.1 Å². The molecule has 0 aliphatic rings. The van der Waals surface area contributed by atoms with E-state index in [1.165, 1.54) is 31.3 Å². The molecule has 184 valence electrons. The van der Waals surface area contributed by atoms with Gasteiger partial charge in [0, 0.05) is 43.1 Å². The Morgan fingerprint density at radius 3 is 2.13 bits per heavy atom. The van der Waals surface area contributed by atoms with Crippen molar-refractivity contribution in [3.63, 3.8) is 0 Å². The molecule has 39 heavy (non-hydrogen) atoms. The highest BCUT2D eigenvalue weighted by molar-refractivity contribution is 7.25. The quantitative estimate of drug-likeness (QED) is 0.232. The normalized spacial score (nSPS) is 11.6. The van der Waals surface area contributed by atoms with Crippen LogP contribution < -0.4 is 4.90 Å². The van der Waals surface area contributed by atoms with Crippen LogP contribution >= 0.6 is 11.3 Å². The van der Waals surface area contributed by atoms with Crippen molar-refractivity contribution in [1.29, 1.82) is 0 Å². The minimum atomic E-state index is 0.779. The van der Waals surface area contributed by atoms with E-state index in [2.05, 4.69) is 102 Å². The van der Waals surface area contributed by atoms with Crippen LogP contribution in [0.3, 0.4) is 0 Å². The molecule has 0 aliphatic carbocycles. The molecule has 0 amide bonds. The van der Waals surface area contributed by atoms with Crippen molar-refractivity contribution in [2.24, 2.45) is 0 Å². The van der Waals surface area contributed by atoms with Crippen molar-refractivity contribution in [2.75, 3.05) is 4.90 Å². The van der Waals surface area contributed by atoms with Gasteiger partial charge in [-0.2, -0.15) is 0 Å². The predicted molar refractivity (Wildman–Crippen MR) is 165 cm³/mol. The molecule has 5 aromatic carbocycles. The lowest BCUT2D eigenvalue weighted by molar-refractivity contribution is 0.668. The monoisotopic (exact) mass is 518 g/mol. The lowest BCUT2D eigenvalue weighted by Crippen LogP contribution is -2.10. The number of aromatic nitrogens is 1. The molecule has 0 unspecified atom stereocenters. The van der Waals surface area contributed by atoms with Gasteiger partial charge in [0.15, 0.2) is 5.58 Å². The maximum absolute atomic E-state index is 6.44. The molecule has 3 heterocycles. The third-order valence-electron chi connectivity index (χ3n) is 7.33. The van der Waals surface area contributed by atoms with Crippen molar-refractivity contribution in [3.8, 4) is 11.1 Å². The summed E-state index contributed by atoms with van der Waals surface area (Å²) in [4.78, 5) is 7.00. The molecule has 0 radical (unpaired) electrons. The first-order valence-corrected chi connectivity index (χ1v) is 13.8. The van der Waals surface area contributed by atoms with Crippen LogP contribution in [0.2, 0.25) is 0 Å². The summed E-state index contributed by atoms with van der Waals surface area (Å²) in [5.74, 6) is 0. The van der Waals surface area contributed by atoms with E-state index in [1.54, 1.807) is 0 Å². The molecule has 0 spiro atoms. The Morgan fingerprint density at radius 2 is 1.26 bits per heavy atom. The first-order valence-electron chi connectivity index (χ1n) is 13.0. The number of anilines is 3. The lowest BCUT2D eigenvalue weighted by Gasteiger charge is -2.25. The SMILES string of the molecule is c1ccc(-c2ccc(N(c3ccc4sc5ccccc5c4c3)c3ccnc4c3oc3ccccc34)cc2)cc1. The number of pyridine rings is 1. The second-order valence-corrected chi connectivity index (χ2v) is 10.7. The molecule has 8 rings (SSSR count). The van der Waals surface area contributed by atoms with Crippen molar-refractivity contribution in [3.05, 3.63) is 134 Å². The molecule has 3 aromatic heterocycles. The van der Waals surface area contributed by atoms with Gasteiger partial charge in [0.05, 0.1) is 5.69 Å². The van der Waals surface area contributed by atoms with Crippen LogP contribution in [-0.4, -0.2) is 4.98 Å². The van der Waals surface area contributed by atoms with Gasteiger partial charge >= 0.3 is 0 Å². The summed E-state index contributed by atoms with van der Waals surface area (Å²) in [6.07, 6.45) is 1.88. The summed E-state index contributed by atoms with van der Waals surface area (Å²) >= 11 is 1.83. The highest BCUT2D eigenvalue weighted by Crippen LogP contribution is 2.44. The molecule has 0 aliphatic heterocycles. The van der Waals surface area contributed by atoms with Gasteiger partial charge in [-0.05, 0) is 65.7 Å². The van der Waals surface area contributed by atoms with Crippen LogP contribution in [0, 0.1) is 0 Å². The summed E-state index contributed by atoms with van der Waals surface area (Å²) in [6, 6.07) is 44.7.